The molecular weight excluding hydrogens is 216 g/mol. The highest BCUT2D eigenvalue weighted by Gasteiger charge is 1.86. The van der Waals surface area contributed by atoms with Gasteiger partial charge in [-0.2, -0.15) is 0 Å². The van der Waals surface area contributed by atoms with E-state index in [1.54, 1.807) is 6.07 Å². The average Bonchev–Trinajstić information content (AvgIpc) is 2.16. The Morgan fingerprint density at radius 1 is 1.06 bits per heavy atom. The number of phenols is 2. The van der Waals surface area contributed by atoms with E-state index in [-0.39, 0.29) is 11.5 Å². The topological polar surface area (TPSA) is 49.7 Å². The molecule has 0 atom stereocenters. The molecule has 3 nitrogen and oxygen atoms in total. The summed E-state index contributed by atoms with van der Waals surface area (Å²) in [6, 6.07) is 5.85. The van der Waals surface area contributed by atoms with Crippen molar-refractivity contribution in [1.82, 2.24) is 0 Å². The maximum absolute atomic E-state index is 8.65. The van der Waals surface area contributed by atoms with Crippen molar-refractivity contribution in [3.05, 3.63) is 48.6 Å². The van der Waals surface area contributed by atoms with Gasteiger partial charge in [-0.3, -0.25) is 0 Å². The van der Waals surface area contributed by atoms with Crippen LogP contribution in [0.3, 0.4) is 0 Å². The average molecular weight is 236 g/mol. The number of hydrogen-bond donors (Lipinski definition) is 2. The van der Waals surface area contributed by atoms with Gasteiger partial charge in [0.15, 0.2) is 0 Å². The van der Waals surface area contributed by atoms with Gasteiger partial charge in [0.25, 0.3) is 0 Å². The van der Waals surface area contributed by atoms with Crippen LogP contribution in [0.25, 0.3) is 0 Å². The van der Waals surface area contributed by atoms with E-state index in [1.807, 2.05) is 13.8 Å². The molecule has 17 heavy (non-hydrogen) atoms. The molecule has 0 radical (unpaired) electrons. The van der Waals surface area contributed by atoms with Crippen molar-refractivity contribution in [1.29, 1.82) is 0 Å². The highest BCUT2D eigenvalue weighted by Crippen LogP contribution is 2.14. The van der Waals surface area contributed by atoms with Gasteiger partial charge in [-0.05, 0) is 26.0 Å². The van der Waals surface area contributed by atoms with Gasteiger partial charge in [0.2, 0.25) is 0 Å². The van der Waals surface area contributed by atoms with Crippen molar-refractivity contribution < 1.29 is 14.9 Å². The molecule has 0 aliphatic carbocycles. The Morgan fingerprint density at radius 3 is 1.71 bits per heavy atom. The Bertz CT molecular complexity index is 338. The predicted octanol–water partition coefficient (Wildman–Crippen LogP) is 3.25. The third kappa shape index (κ3) is 10.5. The number of hydrogen-bond acceptors (Lipinski definition) is 3. The summed E-state index contributed by atoms with van der Waals surface area (Å²) in [6.07, 6.45) is 0. The number of ether oxygens (including phenoxy) is 1. The van der Waals surface area contributed by atoms with Crippen LogP contribution in [0.1, 0.15) is 13.8 Å². The van der Waals surface area contributed by atoms with Crippen LogP contribution in [0.5, 0.6) is 11.5 Å². The molecule has 3 heteroatoms. The molecule has 0 saturated heterocycles. The van der Waals surface area contributed by atoms with Crippen molar-refractivity contribution in [2.75, 3.05) is 13.2 Å². The Hall–Kier alpha value is -1.74. The van der Waals surface area contributed by atoms with Gasteiger partial charge in [-0.15, -0.1) is 0 Å². The van der Waals surface area contributed by atoms with Crippen LogP contribution in [-0.2, 0) is 4.74 Å². The molecule has 1 rings (SSSR count). The van der Waals surface area contributed by atoms with Gasteiger partial charge in [-0.25, -0.2) is 0 Å². The summed E-state index contributed by atoms with van der Waals surface area (Å²) in [5.74, 6) is 0.176. The zero-order valence-electron chi connectivity index (χ0n) is 10.4. The molecule has 0 saturated carbocycles. The number of rotatable bonds is 4. The maximum Gasteiger partial charge on any atom is 0.119 e. The van der Waals surface area contributed by atoms with E-state index in [0.29, 0.717) is 13.2 Å². The van der Waals surface area contributed by atoms with E-state index < -0.39 is 0 Å². The number of phenolic OH excluding ortho intramolecular Hbond substituents is 2. The second-order valence-electron chi connectivity index (χ2n) is 3.93. The van der Waals surface area contributed by atoms with Crippen LogP contribution in [0.4, 0.5) is 0 Å². The van der Waals surface area contributed by atoms with Crippen molar-refractivity contribution >= 4 is 0 Å². The summed E-state index contributed by atoms with van der Waals surface area (Å²) in [5, 5.41) is 17.3. The first-order valence-corrected chi connectivity index (χ1v) is 5.26. The van der Waals surface area contributed by atoms with Crippen LogP contribution >= 0.6 is 0 Å². The van der Waals surface area contributed by atoms with E-state index >= 15 is 0 Å². The summed E-state index contributed by atoms with van der Waals surface area (Å²) in [5.41, 5.74) is 2.10. The van der Waals surface area contributed by atoms with Crippen LogP contribution in [0.15, 0.2) is 48.6 Å². The normalized spacial score (nSPS) is 9.06. The van der Waals surface area contributed by atoms with Gasteiger partial charge in [-0.1, -0.05) is 30.4 Å². The molecule has 0 unspecified atom stereocenters. The second kappa shape index (κ2) is 8.42. The van der Waals surface area contributed by atoms with E-state index in [1.165, 1.54) is 18.2 Å². The Balaban J connectivity index is 0.000000302. The molecule has 1 aromatic rings. The van der Waals surface area contributed by atoms with Gasteiger partial charge in [0.05, 0.1) is 13.2 Å². The highest BCUT2D eigenvalue weighted by atomic mass is 16.5. The van der Waals surface area contributed by atoms with Gasteiger partial charge < -0.3 is 14.9 Å². The predicted molar refractivity (Wildman–Crippen MR) is 70.2 cm³/mol. The fraction of sp³-hybridized carbons (Fsp3) is 0.286. The van der Waals surface area contributed by atoms with E-state index in [0.717, 1.165) is 11.1 Å². The summed E-state index contributed by atoms with van der Waals surface area (Å²) in [6.45, 7) is 12.6. The van der Waals surface area contributed by atoms with Crippen molar-refractivity contribution in [2.45, 2.75) is 13.8 Å². The first-order chi connectivity index (χ1) is 7.91. The van der Waals surface area contributed by atoms with E-state index in [9.17, 15) is 0 Å². The van der Waals surface area contributed by atoms with Gasteiger partial charge in [0, 0.05) is 6.07 Å². The molecule has 1 aromatic carbocycles. The molecular formula is C14H20O3. The lowest BCUT2D eigenvalue weighted by Gasteiger charge is -2.00. The summed E-state index contributed by atoms with van der Waals surface area (Å²) in [7, 11) is 0. The number of benzene rings is 1. The quantitative estimate of drug-likeness (QED) is 0.789. The van der Waals surface area contributed by atoms with Crippen molar-refractivity contribution in [2.24, 2.45) is 0 Å². The van der Waals surface area contributed by atoms with Crippen LogP contribution < -0.4 is 0 Å². The molecule has 0 bridgehead atoms. The third-order valence-electron chi connectivity index (χ3n) is 1.53. The first-order valence-electron chi connectivity index (χ1n) is 5.26. The minimum atomic E-state index is 0.0880. The van der Waals surface area contributed by atoms with Crippen LogP contribution in [0.2, 0.25) is 0 Å². The standard InChI is InChI=1S/C8H14O.C6H6O2/c1-7(2)5-9-6-8(3)4;7-5-2-1-3-6(8)4-5/h1,3,5-6H2,2,4H3;1-4,7-8H. The lowest BCUT2D eigenvalue weighted by Crippen LogP contribution is -1.96. The summed E-state index contributed by atoms with van der Waals surface area (Å²) < 4.78 is 5.16. The molecule has 2 N–H and O–H groups in total. The van der Waals surface area contributed by atoms with Crippen LogP contribution in [-0.4, -0.2) is 23.4 Å². The zero-order valence-corrected chi connectivity index (χ0v) is 10.4. The van der Waals surface area contributed by atoms with E-state index in [2.05, 4.69) is 13.2 Å². The molecule has 0 spiro atoms. The monoisotopic (exact) mass is 236 g/mol. The van der Waals surface area contributed by atoms with Gasteiger partial charge >= 0.3 is 0 Å². The minimum Gasteiger partial charge on any atom is -0.508 e. The Morgan fingerprint density at radius 2 is 1.47 bits per heavy atom. The minimum absolute atomic E-state index is 0.0880. The second-order valence-corrected chi connectivity index (χ2v) is 3.93. The lowest BCUT2D eigenvalue weighted by molar-refractivity contribution is 0.180. The molecule has 0 amide bonds. The largest absolute Gasteiger partial charge is 0.508 e. The Labute approximate surface area is 103 Å². The summed E-state index contributed by atoms with van der Waals surface area (Å²) >= 11 is 0. The number of aromatic hydroxyl groups is 2. The van der Waals surface area contributed by atoms with Crippen molar-refractivity contribution in [3.63, 3.8) is 0 Å². The third-order valence-corrected chi connectivity index (χ3v) is 1.53. The fourth-order valence-corrected chi connectivity index (χ4v) is 0.893. The van der Waals surface area contributed by atoms with Crippen LogP contribution in [0, 0.1) is 0 Å². The molecule has 94 valence electrons. The zero-order chi connectivity index (χ0) is 13.3. The summed E-state index contributed by atoms with van der Waals surface area (Å²) in [4.78, 5) is 0. The maximum atomic E-state index is 8.65. The fourth-order valence-electron chi connectivity index (χ4n) is 0.893. The highest BCUT2D eigenvalue weighted by molar-refractivity contribution is 5.30. The molecule has 0 aliphatic heterocycles. The Kier molecular flexibility index (Phi) is 7.55. The molecule has 0 fully saturated rings. The smallest absolute Gasteiger partial charge is 0.119 e. The lowest BCUT2D eigenvalue weighted by atomic mass is 10.3. The first kappa shape index (κ1) is 15.3. The SMILES string of the molecule is C=C(C)COCC(=C)C.Oc1cccc(O)c1. The van der Waals surface area contributed by atoms with Crippen molar-refractivity contribution in [3.8, 4) is 11.5 Å². The molecule has 0 aromatic heterocycles. The van der Waals surface area contributed by atoms with Gasteiger partial charge in [0.1, 0.15) is 11.5 Å². The molecule has 0 aliphatic rings. The molecule has 0 heterocycles. The van der Waals surface area contributed by atoms with E-state index in [4.69, 9.17) is 14.9 Å².